The fraction of sp³-hybridized carbons (Fsp3) is 0.160. The van der Waals surface area contributed by atoms with E-state index >= 15 is 0 Å². The number of hydrogen-bond donors (Lipinski definition) is 1. The maximum Gasteiger partial charge on any atom is 0.164 e. The van der Waals surface area contributed by atoms with Gasteiger partial charge in [0, 0.05) is 11.6 Å². The van der Waals surface area contributed by atoms with Gasteiger partial charge in [0.1, 0.15) is 0 Å². The zero-order chi connectivity index (χ0) is 18.4. The first-order chi connectivity index (χ1) is 13.2. The molecule has 2 heteroatoms. The van der Waals surface area contributed by atoms with E-state index in [-0.39, 0.29) is 23.7 Å². The van der Waals surface area contributed by atoms with Crippen molar-refractivity contribution in [3.8, 4) is 11.1 Å². The molecule has 0 aromatic heterocycles. The van der Waals surface area contributed by atoms with Crippen LogP contribution >= 0.6 is 0 Å². The van der Waals surface area contributed by atoms with Crippen LogP contribution in [0, 0.1) is 5.92 Å². The Bertz CT molecular complexity index is 1040. The first-order valence-electron chi connectivity index (χ1n) is 9.46. The largest absolute Gasteiger partial charge is 0.377 e. The van der Waals surface area contributed by atoms with Gasteiger partial charge in [-0.25, -0.2) is 0 Å². The normalized spacial score (nSPS) is 23.2. The zero-order valence-corrected chi connectivity index (χ0v) is 15.2. The van der Waals surface area contributed by atoms with Crippen LogP contribution in [-0.4, -0.2) is 5.78 Å². The lowest BCUT2D eigenvalue weighted by molar-refractivity contribution is -0.119. The minimum Gasteiger partial charge on any atom is -0.377 e. The highest BCUT2D eigenvalue weighted by molar-refractivity contribution is 6.02. The quantitative estimate of drug-likeness (QED) is 0.637. The number of rotatable bonds is 2. The topological polar surface area (TPSA) is 29.1 Å². The molecule has 0 saturated heterocycles. The van der Waals surface area contributed by atoms with E-state index < -0.39 is 0 Å². The fourth-order valence-corrected chi connectivity index (χ4v) is 4.51. The van der Waals surface area contributed by atoms with Gasteiger partial charge in [0.2, 0.25) is 0 Å². The van der Waals surface area contributed by atoms with Gasteiger partial charge < -0.3 is 5.32 Å². The summed E-state index contributed by atoms with van der Waals surface area (Å²) in [5.41, 5.74) is 6.79. The highest BCUT2D eigenvalue weighted by Crippen LogP contribution is 2.50. The smallest absolute Gasteiger partial charge is 0.164 e. The van der Waals surface area contributed by atoms with Crippen molar-refractivity contribution in [2.75, 3.05) is 5.32 Å². The molecule has 1 N–H and O–H groups in total. The number of allylic oxidation sites excluding steroid dienone is 2. The summed E-state index contributed by atoms with van der Waals surface area (Å²) in [6.45, 7) is 1.95. The molecule has 2 nitrogen and oxygen atoms in total. The lowest BCUT2D eigenvalue weighted by atomic mass is 9.76. The van der Waals surface area contributed by atoms with Gasteiger partial charge in [-0.1, -0.05) is 72.8 Å². The van der Waals surface area contributed by atoms with E-state index in [1.807, 2.05) is 31.2 Å². The summed E-state index contributed by atoms with van der Waals surface area (Å²) >= 11 is 0. The number of Topliss-reactive ketones (excluding diaryl/α,β-unsaturated/α-hetero) is 1. The highest BCUT2D eigenvalue weighted by Gasteiger charge is 2.44. The molecular formula is C25H21NO. The Balaban J connectivity index is 1.63. The van der Waals surface area contributed by atoms with Crippen molar-refractivity contribution in [1.29, 1.82) is 0 Å². The second-order valence-electron chi connectivity index (χ2n) is 7.47. The van der Waals surface area contributed by atoms with Crippen LogP contribution in [0.2, 0.25) is 0 Å². The summed E-state index contributed by atoms with van der Waals surface area (Å²) in [6, 6.07) is 27.3. The molecule has 2 aliphatic rings. The summed E-state index contributed by atoms with van der Waals surface area (Å²) in [7, 11) is 0. The molecule has 3 aromatic rings. The Morgan fingerprint density at radius 3 is 2.26 bits per heavy atom. The van der Waals surface area contributed by atoms with Crippen LogP contribution in [0.3, 0.4) is 0 Å². The monoisotopic (exact) mass is 351 g/mol. The van der Waals surface area contributed by atoms with Crippen molar-refractivity contribution in [1.82, 2.24) is 0 Å². The molecular weight excluding hydrogens is 330 g/mol. The summed E-state index contributed by atoms with van der Waals surface area (Å²) in [6.07, 6.45) is 2.16. The first kappa shape index (κ1) is 16.1. The average Bonchev–Trinajstić information content (AvgIpc) is 3.03. The van der Waals surface area contributed by atoms with E-state index in [0.717, 1.165) is 11.3 Å². The van der Waals surface area contributed by atoms with Crippen molar-refractivity contribution in [2.24, 2.45) is 5.92 Å². The molecule has 1 heterocycles. The number of anilines is 1. The molecule has 1 aliphatic heterocycles. The Hall–Kier alpha value is -3.13. The van der Waals surface area contributed by atoms with Crippen molar-refractivity contribution < 1.29 is 4.79 Å². The predicted octanol–water partition coefficient (Wildman–Crippen LogP) is 5.75. The van der Waals surface area contributed by atoms with Gasteiger partial charge in [-0.15, -0.1) is 0 Å². The summed E-state index contributed by atoms with van der Waals surface area (Å²) in [5, 5.41) is 3.66. The lowest BCUT2D eigenvalue weighted by Crippen LogP contribution is -2.33. The van der Waals surface area contributed by atoms with Crippen LogP contribution in [-0.2, 0) is 4.79 Å². The van der Waals surface area contributed by atoms with Crippen LogP contribution in [0.5, 0.6) is 0 Å². The van der Waals surface area contributed by atoms with E-state index in [4.69, 9.17) is 0 Å². The number of hydrogen-bond acceptors (Lipinski definition) is 2. The third-order valence-electron chi connectivity index (χ3n) is 5.85. The summed E-state index contributed by atoms with van der Waals surface area (Å²) < 4.78 is 0. The van der Waals surface area contributed by atoms with Crippen LogP contribution in [0.25, 0.3) is 11.1 Å². The van der Waals surface area contributed by atoms with Crippen molar-refractivity contribution in [3.05, 3.63) is 102 Å². The second kappa shape index (κ2) is 6.24. The number of fused-ring (bicyclic) bond motifs is 3. The number of nitrogens with one attached hydrogen (secondary N) is 1. The maximum absolute atomic E-state index is 13.0. The number of carbonyl (C=O) groups is 1. The number of ketones is 1. The van der Waals surface area contributed by atoms with Gasteiger partial charge in [0.15, 0.2) is 5.78 Å². The van der Waals surface area contributed by atoms with E-state index in [0.29, 0.717) is 0 Å². The third kappa shape index (κ3) is 2.60. The third-order valence-corrected chi connectivity index (χ3v) is 5.85. The van der Waals surface area contributed by atoms with E-state index in [9.17, 15) is 4.79 Å². The molecule has 0 bridgehead atoms. The van der Waals surface area contributed by atoms with Crippen molar-refractivity contribution in [3.63, 3.8) is 0 Å². The molecule has 132 valence electrons. The van der Waals surface area contributed by atoms with Gasteiger partial charge in [0.25, 0.3) is 0 Å². The Morgan fingerprint density at radius 1 is 0.815 bits per heavy atom. The summed E-state index contributed by atoms with van der Waals surface area (Å²) in [4.78, 5) is 13.0. The Kier molecular flexibility index (Phi) is 3.71. The average molecular weight is 351 g/mol. The minimum atomic E-state index is -0.0778. The van der Waals surface area contributed by atoms with Gasteiger partial charge in [0.05, 0.1) is 12.0 Å². The molecule has 0 amide bonds. The first-order valence-corrected chi connectivity index (χ1v) is 9.46. The van der Waals surface area contributed by atoms with E-state index in [1.165, 1.54) is 22.3 Å². The van der Waals surface area contributed by atoms with Crippen molar-refractivity contribution >= 4 is 11.5 Å². The molecule has 0 radical (unpaired) electrons. The molecule has 0 spiro atoms. The SMILES string of the molecule is CC1=C[C@H]2c3cc(-c4ccccc4)ccc3N[C@H](c3ccccc3)[C@H]2C1=O. The fourth-order valence-electron chi connectivity index (χ4n) is 4.51. The second-order valence-corrected chi connectivity index (χ2v) is 7.47. The van der Waals surface area contributed by atoms with Gasteiger partial charge in [-0.3, -0.25) is 4.79 Å². The number of carbonyl (C=O) groups excluding carboxylic acids is 1. The molecule has 0 fully saturated rings. The molecule has 3 atom stereocenters. The molecule has 0 unspecified atom stereocenters. The Labute approximate surface area is 159 Å². The molecule has 5 rings (SSSR count). The molecule has 3 aromatic carbocycles. The molecule has 1 aliphatic carbocycles. The predicted molar refractivity (Wildman–Crippen MR) is 110 cm³/mol. The maximum atomic E-state index is 13.0. The molecule has 27 heavy (non-hydrogen) atoms. The van der Waals surface area contributed by atoms with Crippen molar-refractivity contribution in [2.45, 2.75) is 18.9 Å². The van der Waals surface area contributed by atoms with E-state index in [1.54, 1.807) is 0 Å². The summed E-state index contributed by atoms with van der Waals surface area (Å²) in [5.74, 6) is 0.311. The van der Waals surface area contributed by atoms with Crippen LogP contribution in [0.1, 0.15) is 30.0 Å². The molecule has 0 saturated carbocycles. The highest BCUT2D eigenvalue weighted by atomic mass is 16.1. The van der Waals surface area contributed by atoms with Crippen LogP contribution in [0.15, 0.2) is 90.5 Å². The van der Waals surface area contributed by atoms with Gasteiger partial charge >= 0.3 is 0 Å². The number of benzene rings is 3. The zero-order valence-electron chi connectivity index (χ0n) is 15.2. The van der Waals surface area contributed by atoms with Gasteiger partial charge in [-0.05, 0) is 46.9 Å². The van der Waals surface area contributed by atoms with Crippen LogP contribution in [0.4, 0.5) is 5.69 Å². The van der Waals surface area contributed by atoms with Crippen LogP contribution < -0.4 is 5.32 Å². The Morgan fingerprint density at radius 2 is 1.52 bits per heavy atom. The van der Waals surface area contributed by atoms with E-state index in [2.05, 4.69) is 66.0 Å². The van der Waals surface area contributed by atoms with Gasteiger partial charge in [-0.2, -0.15) is 0 Å². The standard InChI is InChI=1S/C25H21NO/c1-16-14-21-20-15-19(17-8-4-2-5-9-17)12-13-22(20)26-24(23(21)25(16)27)18-10-6-3-7-11-18/h2-15,21,23-24,26H,1H3/t21-,23-,24+/m0/s1. The lowest BCUT2D eigenvalue weighted by Gasteiger charge is -2.36. The minimum absolute atomic E-state index is 0.00692.